The molecule has 5 heteroatoms. The second-order valence-corrected chi connectivity index (χ2v) is 5.99. The molecule has 5 nitrogen and oxygen atoms in total. The fourth-order valence-electron chi connectivity index (χ4n) is 2.31. The Balaban J connectivity index is 1.97. The number of hydrogen-bond donors (Lipinski definition) is 3. The zero-order valence-corrected chi connectivity index (χ0v) is 14.8. The first-order valence-corrected chi connectivity index (χ1v) is 8.58. The van der Waals surface area contributed by atoms with Crippen LogP contribution in [-0.4, -0.2) is 36.8 Å². The van der Waals surface area contributed by atoms with Crippen LogP contribution in [0.4, 0.5) is 5.69 Å². The molecule has 2 rings (SSSR count). The van der Waals surface area contributed by atoms with Crippen molar-refractivity contribution in [1.29, 1.82) is 0 Å². The van der Waals surface area contributed by atoms with E-state index in [1.165, 1.54) is 0 Å². The molecule has 0 heterocycles. The number of amides is 1. The summed E-state index contributed by atoms with van der Waals surface area (Å²) in [6, 6.07) is 14.6. The highest BCUT2D eigenvalue weighted by molar-refractivity contribution is 6.06. The highest BCUT2D eigenvalue weighted by atomic mass is 16.5. The molecule has 134 valence electrons. The Bertz CT molecular complexity index is 671. The van der Waals surface area contributed by atoms with E-state index in [1.807, 2.05) is 31.2 Å². The van der Waals surface area contributed by atoms with Crippen molar-refractivity contribution in [3.8, 4) is 5.75 Å². The predicted octanol–water partition coefficient (Wildman–Crippen LogP) is 2.99. The van der Waals surface area contributed by atoms with Crippen LogP contribution >= 0.6 is 0 Å². The maximum Gasteiger partial charge on any atom is 0.259 e. The molecule has 0 aromatic heterocycles. The van der Waals surface area contributed by atoms with Gasteiger partial charge in [-0.05, 0) is 44.2 Å². The van der Waals surface area contributed by atoms with E-state index in [9.17, 15) is 9.90 Å². The normalized spacial score (nSPS) is 11.8. The van der Waals surface area contributed by atoms with E-state index in [4.69, 9.17) is 4.74 Å². The molecule has 2 aromatic carbocycles. The van der Waals surface area contributed by atoms with Gasteiger partial charge in [0.05, 0.1) is 5.56 Å². The molecule has 0 saturated heterocycles. The molecule has 1 amide bonds. The summed E-state index contributed by atoms with van der Waals surface area (Å²) in [6.07, 6.45) is 0.384. The fourth-order valence-corrected chi connectivity index (χ4v) is 2.31. The van der Waals surface area contributed by atoms with Crippen molar-refractivity contribution in [3.05, 3.63) is 59.7 Å². The van der Waals surface area contributed by atoms with Gasteiger partial charge in [-0.3, -0.25) is 4.79 Å². The number of aryl methyl sites for hydroxylation is 1. The van der Waals surface area contributed by atoms with E-state index in [0.717, 1.165) is 24.2 Å². The van der Waals surface area contributed by atoms with Crippen LogP contribution < -0.4 is 15.4 Å². The molecule has 2 aromatic rings. The summed E-state index contributed by atoms with van der Waals surface area (Å²) >= 11 is 0. The SMILES string of the molecule is CCCNCC(O)COc1ccccc1C(=O)Nc1ccc(C)cc1. The minimum atomic E-state index is -0.625. The van der Waals surface area contributed by atoms with E-state index >= 15 is 0 Å². The summed E-state index contributed by atoms with van der Waals surface area (Å²) in [7, 11) is 0. The highest BCUT2D eigenvalue weighted by Gasteiger charge is 2.14. The number of rotatable bonds is 9. The second kappa shape index (κ2) is 9.81. The summed E-state index contributed by atoms with van der Waals surface area (Å²) in [5, 5.41) is 15.9. The van der Waals surface area contributed by atoms with Crippen molar-refractivity contribution >= 4 is 11.6 Å². The van der Waals surface area contributed by atoms with Gasteiger partial charge in [0.15, 0.2) is 0 Å². The number of nitrogens with one attached hydrogen (secondary N) is 2. The molecular formula is C20H26N2O3. The predicted molar refractivity (Wildman–Crippen MR) is 100 cm³/mol. The number of anilines is 1. The maximum atomic E-state index is 12.5. The average Bonchev–Trinajstić information content (AvgIpc) is 2.62. The standard InChI is InChI=1S/C20H26N2O3/c1-3-12-21-13-17(23)14-25-19-7-5-4-6-18(19)20(24)22-16-10-8-15(2)9-11-16/h4-11,17,21,23H,3,12-14H2,1-2H3,(H,22,24). The third kappa shape index (κ3) is 6.21. The van der Waals surface area contributed by atoms with Crippen molar-refractivity contribution < 1.29 is 14.6 Å². The van der Waals surface area contributed by atoms with Gasteiger partial charge in [-0.2, -0.15) is 0 Å². The molecule has 0 aliphatic heterocycles. The highest BCUT2D eigenvalue weighted by Crippen LogP contribution is 2.20. The van der Waals surface area contributed by atoms with Crippen molar-refractivity contribution in [3.63, 3.8) is 0 Å². The lowest BCUT2D eigenvalue weighted by atomic mass is 10.1. The Hall–Kier alpha value is -2.37. The largest absolute Gasteiger partial charge is 0.490 e. The zero-order valence-electron chi connectivity index (χ0n) is 14.8. The van der Waals surface area contributed by atoms with Crippen molar-refractivity contribution in [2.75, 3.05) is 25.0 Å². The lowest BCUT2D eigenvalue weighted by molar-refractivity contribution is 0.0981. The van der Waals surface area contributed by atoms with E-state index < -0.39 is 6.10 Å². The fraction of sp³-hybridized carbons (Fsp3) is 0.350. The molecule has 0 radical (unpaired) electrons. The maximum absolute atomic E-state index is 12.5. The van der Waals surface area contributed by atoms with Gasteiger partial charge in [0.1, 0.15) is 18.5 Å². The van der Waals surface area contributed by atoms with Crippen molar-refractivity contribution in [2.45, 2.75) is 26.4 Å². The lowest BCUT2D eigenvalue weighted by Crippen LogP contribution is -2.32. The van der Waals surface area contributed by atoms with Gasteiger partial charge in [-0.1, -0.05) is 36.8 Å². The summed E-state index contributed by atoms with van der Waals surface area (Å²) in [5.41, 5.74) is 2.30. The Morgan fingerprint density at radius 2 is 1.88 bits per heavy atom. The molecule has 0 aliphatic carbocycles. The molecule has 0 saturated carbocycles. The second-order valence-electron chi connectivity index (χ2n) is 5.99. The van der Waals surface area contributed by atoms with Crippen LogP contribution in [0.15, 0.2) is 48.5 Å². The quantitative estimate of drug-likeness (QED) is 0.613. The minimum absolute atomic E-state index is 0.130. The topological polar surface area (TPSA) is 70.6 Å². The average molecular weight is 342 g/mol. The summed E-state index contributed by atoms with van der Waals surface area (Å²) < 4.78 is 5.66. The lowest BCUT2D eigenvalue weighted by Gasteiger charge is -2.15. The van der Waals surface area contributed by atoms with Crippen LogP contribution in [0, 0.1) is 6.92 Å². The van der Waals surface area contributed by atoms with Gasteiger partial charge < -0.3 is 20.5 Å². The molecule has 3 N–H and O–H groups in total. The number of benzene rings is 2. The number of aliphatic hydroxyl groups is 1. The van der Waals surface area contributed by atoms with Gasteiger partial charge in [0, 0.05) is 12.2 Å². The van der Waals surface area contributed by atoms with Crippen molar-refractivity contribution in [1.82, 2.24) is 5.32 Å². The minimum Gasteiger partial charge on any atom is -0.490 e. The first-order chi connectivity index (χ1) is 12.1. The first-order valence-electron chi connectivity index (χ1n) is 8.58. The van der Waals surface area contributed by atoms with Crippen LogP contribution in [0.2, 0.25) is 0 Å². The van der Waals surface area contributed by atoms with E-state index in [-0.39, 0.29) is 12.5 Å². The molecule has 0 bridgehead atoms. The molecule has 0 fully saturated rings. The third-order valence-corrected chi connectivity index (χ3v) is 3.68. The molecule has 0 spiro atoms. The Kier molecular flexibility index (Phi) is 7.44. The number of carbonyl (C=O) groups excluding carboxylic acids is 1. The number of hydrogen-bond acceptors (Lipinski definition) is 4. The Morgan fingerprint density at radius 3 is 2.60 bits per heavy atom. The molecule has 25 heavy (non-hydrogen) atoms. The van der Waals surface area contributed by atoms with Gasteiger partial charge in [-0.25, -0.2) is 0 Å². The Labute approximate surface area is 149 Å². The summed E-state index contributed by atoms with van der Waals surface area (Å²) in [5.74, 6) is 0.222. The Morgan fingerprint density at radius 1 is 1.16 bits per heavy atom. The van der Waals surface area contributed by atoms with Crippen LogP contribution in [0.5, 0.6) is 5.75 Å². The van der Waals surface area contributed by atoms with E-state index in [0.29, 0.717) is 17.9 Å². The first kappa shape index (κ1) is 19.0. The molecule has 0 aliphatic rings. The molecule has 1 unspecified atom stereocenters. The van der Waals surface area contributed by atoms with Crippen LogP contribution in [0.1, 0.15) is 29.3 Å². The van der Waals surface area contributed by atoms with Gasteiger partial charge in [0.2, 0.25) is 0 Å². The van der Waals surface area contributed by atoms with Gasteiger partial charge >= 0.3 is 0 Å². The monoisotopic (exact) mass is 342 g/mol. The van der Waals surface area contributed by atoms with Crippen molar-refractivity contribution in [2.24, 2.45) is 0 Å². The summed E-state index contributed by atoms with van der Waals surface area (Å²) in [4.78, 5) is 12.5. The smallest absolute Gasteiger partial charge is 0.259 e. The molecular weight excluding hydrogens is 316 g/mol. The zero-order chi connectivity index (χ0) is 18.1. The van der Waals surface area contributed by atoms with Crippen LogP contribution in [0.3, 0.4) is 0 Å². The van der Waals surface area contributed by atoms with Crippen LogP contribution in [-0.2, 0) is 0 Å². The summed E-state index contributed by atoms with van der Waals surface area (Å²) in [6.45, 7) is 5.51. The number of aliphatic hydroxyl groups excluding tert-OH is 1. The van der Waals surface area contributed by atoms with Gasteiger partial charge in [0.25, 0.3) is 5.91 Å². The third-order valence-electron chi connectivity index (χ3n) is 3.68. The number of carbonyl (C=O) groups is 1. The molecule has 1 atom stereocenters. The van der Waals surface area contributed by atoms with Crippen LogP contribution in [0.25, 0.3) is 0 Å². The van der Waals surface area contributed by atoms with Gasteiger partial charge in [-0.15, -0.1) is 0 Å². The van der Waals surface area contributed by atoms with E-state index in [2.05, 4.69) is 17.6 Å². The number of ether oxygens (including phenoxy) is 1. The van der Waals surface area contributed by atoms with E-state index in [1.54, 1.807) is 24.3 Å². The number of para-hydroxylation sites is 1.